The molecule has 2 aromatic heterocycles. The molecule has 1 aliphatic rings. The Morgan fingerprint density at radius 2 is 2.29 bits per heavy atom. The van der Waals surface area contributed by atoms with Crippen molar-refractivity contribution in [2.45, 2.75) is 19.3 Å². The third-order valence-corrected chi connectivity index (χ3v) is 3.34. The molecular formula is C12H14N4O5. The fourth-order valence-corrected chi connectivity index (χ4v) is 2.40. The minimum absolute atomic E-state index is 0.0523. The number of anilines is 1. The summed E-state index contributed by atoms with van der Waals surface area (Å²) in [6.07, 6.45) is -0.742. The van der Waals surface area contributed by atoms with Crippen LogP contribution in [0.3, 0.4) is 0 Å². The maximum absolute atomic E-state index is 11.9. The average Bonchev–Trinajstić information content (AvgIpc) is 2.89. The first-order valence-electron chi connectivity index (χ1n) is 6.12. The molecule has 9 heteroatoms. The number of aliphatic hydroxyl groups excluding tert-OH is 2. The van der Waals surface area contributed by atoms with E-state index in [0.717, 1.165) is 0 Å². The number of ether oxygens (including phenoxy) is 2. The lowest BCUT2D eigenvalue weighted by atomic mass is 10.3. The predicted octanol–water partition coefficient (Wildman–Crippen LogP) is -0.122. The van der Waals surface area contributed by atoms with Crippen molar-refractivity contribution in [2.24, 2.45) is 0 Å². The van der Waals surface area contributed by atoms with Crippen LogP contribution in [0.25, 0.3) is 11.0 Å². The second-order valence-corrected chi connectivity index (χ2v) is 4.70. The van der Waals surface area contributed by atoms with Crippen molar-refractivity contribution in [1.29, 1.82) is 0 Å². The normalized spacial score (nSPS) is 21.9. The van der Waals surface area contributed by atoms with Gasteiger partial charge in [0.15, 0.2) is 11.8 Å². The van der Waals surface area contributed by atoms with Crippen LogP contribution >= 0.6 is 0 Å². The molecule has 112 valence electrons. The summed E-state index contributed by atoms with van der Waals surface area (Å²) in [7, 11) is 1.31. The number of H-pyrrole nitrogens is 1. The van der Waals surface area contributed by atoms with Crippen molar-refractivity contribution in [1.82, 2.24) is 14.5 Å². The molecule has 0 radical (unpaired) electrons. The van der Waals surface area contributed by atoms with E-state index in [9.17, 15) is 15.0 Å². The highest BCUT2D eigenvalue weighted by Crippen LogP contribution is 2.34. The Kier molecular flexibility index (Phi) is 2.80. The molecule has 0 aliphatic carbocycles. The van der Waals surface area contributed by atoms with E-state index < -0.39 is 18.1 Å². The van der Waals surface area contributed by atoms with Gasteiger partial charge in [-0.15, -0.1) is 0 Å². The molecule has 3 rings (SSSR count). The molecule has 0 bridgehead atoms. The molecular weight excluding hydrogens is 280 g/mol. The molecule has 9 nitrogen and oxygen atoms in total. The summed E-state index contributed by atoms with van der Waals surface area (Å²) in [5.74, 6) is -0.645. The van der Waals surface area contributed by atoms with E-state index >= 15 is 0 Å². The minimum atomic E-state index is -1.34. The molecule has 2 aromatic rings. The SMILES string of the molecule is COC1=C(O)C(O)[C@H](n2cc(C)c3c(=O)[nH]c(N)nc32)O1. The summed E-state index contributed by atoms with van der Waals surface area (Å²) in [4.78, 5) is 18.4. The van der Waals surface area contributed by atoms with E-state index in [4.69, 9.17) is 15.2 Å². The van der Waals surface area contributed by atoms with Crippen molar-refractivity contribution >= 4 is 17.0 Å². The van der Waals surface area contributed by atoms with E-state index in [1.807, 2.05) is 0 Å². The highest BCUT2D eigenvalue weighted by atomic mass is 16.7. The van der Waals surface area contributed by atoms with Gasteiger partial charge in [0.2, 0.25) is 17.9 Å². The molecule has 1 aliphatic heterocycles. The smallest absolute Gasteiger partial charge is 0.323 e. The van der Waals surface area contributed by atoms with Gasteiger partial charge in [0.05, 0.1) is 12.5 Å². The number of hydrogen-bond donors (Lipinski definition) is 4. The highest BCUT2D eigenvalue weighted by Gasteiger charge is 2.39. The van der Waals surface area contributed by atoms with Crippen LogP contribution in [0.5, 0.6) is 0 Å². The standard InChI is InChI=1S/C12H14N4O5/c1-4-3-16(8-5(4)9(19)15-12(13)14-8)10-6(17)7(18)11(20-2)21-10/h3,6,10,17-18H,1-2H3,(H3,13,14,15,19)/t6?,10-/m1/s1. The van der Waals surface area contributed by atoms with Crippen LogP contribution in [-0.2, 0) is 9.47 Å². The molecule has 0 fully saturated rings. The van der Waals surface area contributed by atoms with E-state index in [2.05, 4.69) is 9.97 Å². The van der Waals surface area contributed by atoms with Crippen molar-refractivity contribution < 1.29 is 19.7 Å². The molecule has 0 saturated carbocycles. The van der Waals surface area contributed by atoms with Crippen LogP contribution in [0.15, 0.2) is 22.7 Å². The van der Waals surface area contributed by atoms with Gasteiger partial charge < -0.3 is 25.4 Å². The second kappa shape index (κ2) is 4.42. The number of methoxy groups -OCH3 is 1. The summed E-state index contributed by atoms with van der Waals surface area (Å²) in [6, 6.07) is 0. The topological polar surface area (TPSA) is 136 Å². The number of nitrogens with two attached hydrogens (primary N) is 1. The maximum Gasteiger partial charge on any atom is 0.323 e. The van der Waals surface area contributed by atoms with Gasteiger partial charge >= 0.3 is 5.95 Å². The molecule has 2 atom stereocenters. The van der Waals surface area contributed by atoms with Gasteiger partial charge in [-0.2, -0.15) is 4.98 Å². The number of aromatic nitrogens is 3. The maximum atomic E-state index is 11.9. The Morgan fingerprint density at radius 1 is 1.57 bits per heavy atom. The molecule has 0 aromatic carbocycles. The molecule has 3 heterocycles. The van der Waals surface area contributed by atoms with E-state index in [-0.39, 0.29) is 23.1 Å². The Morgan fingerprint density at radius 3 is 2.90 bits per heavy atom. The monoisotopic (exact) mass is 294 g/mol. The van der Waals surface area contributed by atoms with Gasteiger partial charge in [-0.3, -0.25) is 14.3 Å². The summed E-state index contributed by atoms with van der Waals surface area (Å²) in [6.45, 7) is 1.72. The predicted molar refractivity (Wildman–Crippen MR) is 72.3 cm³/mol. The number of nitrogens with one attached hydrogen (secondary N) is 1. The van der Waals surface area contributed by atoms with Gasteiger partial charge in [-0.25, -0.2) is 0 Å². The number of aliphatic hydroxyl groups is 2. The first-order valence-corrected chi connectivity index (χ1v) is 6.12. The first kappa shape index (κ1) is 13.3. The van der Waals surface area contributed by atoms with Crippen LogP contribution < -0.4 is 11.3 Å². The highest BCUT2D eigenvalue weighted by molar-refractivity contribution is 5.80. The van der Waals surface area contributed by atoms with E-state index in [0.29, 0.717) is 10.9 Å². The van der Waals surface area contributed by atoms with Crippen molar-refractivity contribution in [3.8, 4) is 0 Å². The quantitative estimate of drug-likeness (QED) is 0.606. The molecule has 0 saturated heterocycles. The van der Waals surface area contributed by atoms with Crippen LogP contribution in [0.4, 0.5) is 5.95 Å². The fraction of sp³-hybridized carbons (Fsp3) is 0.333. The molecule has 1 unspecified atom stereocenters. The number of hydrogen-bond acceptors (Lipinski definition) is 7. The third kappa shape index (κ3) is 1.82. The molecule has 0 spiro atoms. The lowest BCUT2D eigenvalue weighted by Crippen LogP contribution is -2.23. The fourth-order valence-electron chi connectivity index (χ4n) is 2.40. The first-order chi connectivity index (χ1) is 9.93. The van der Waals surface area contributed by atoms with Gasteiger partial charge in [0, 0.05) is 6.20 Å². The van der Waals surface area contributed by atoms with E-state index in [1.54, 1.807) is 13.1 Å². The number of fused-ring (bicyclic) bond motifs is 1. The van der Waals surface area contributed by atoms with Crippen molar-refractivity contribution in [3.63, 3.8) is 0 Å². The zero-order valence-electron chi connectivity index (χ0n) is 11.3. The molecule has 21 heavy (non-hydrogen) atoms. The number of rotatable bonds is 2. The van der Waals surface area contributed by atoms with Crippen molar-refractivity contribution in [3.05, 3.63) is 33.8 Å². The van der Waals surface area contributed by atoms with Crippen LogP contribution in [0.1, 0.15) is 11.8 Å². The average molecular weight is 294 g/mol. The number of nitrogen functional groups attached to an aromatic ring is 1. The Balaban J connectivity index is 2.17. The lowest BCUT2D eigenvalue weighted by Gasteiger charge is -2.17. The zero-order valence-corrected chi connectivity index (χ0v) is 11.3. The van der Waals surface area contributed by atoms with Gasteiger partial charge in [-0.1, -0.05) is 0 Å². The molecule has 0 amide bonds. The number of aryl methyl sites for hydroxylation is 1. The zero-order chi connectivity index (χ0) is 15.3. The van der Waals surface area contributed by atoms with Gasteiger partial charge in [0.1, 0.15) is 0 Å². The van der Waals surface area contributed by atoms with Gasteiger partial charge in [-0.05, 0) is 12.5 Å². The Labute approximate surface area is 118 Å². The summed E-state index contributed by atoms with van der Waals surface area (Å²) in [5, 5.41) is 20.1. The van der Waals surface area contributed by atoms with Crippen LogP contribution in [0, 0.1) is 6.92 Å². The number of aromatic amines is 1. The summed E-state index contributed by atoms with van der Waals surface area (Å²) < 4.78 is 11.6. The van der Waals surface area contributed by atoms with E-state index in [1.165, 1.54) is 11.7 Å². The Hall–Kier alpha value is -2.68. The molecule has 5 N–H and O–H groups in total. The minimum Gasteiger partial charge on any atom is -0.504 e. The Bertz CT molecular complexity index is 806. The summed E-state index contributed by atoms with van der Waals surface area (Å²) >= 11 is 0. The largest absolute Gasteiger partial charge is 0.504 e. The van der Waals surface area contributed by atoms with Gasteiger partial charge in [0.25, 0.3) is 5.56 Å². The van der Waals surface area contributed by atoms with Crippen molar-refractivity contribution in [2.75, 3.05) is 12.8 Å². The summed E-state index contributed by atoms with van der Waals surface area (Å²) in [5.41, 5.74) is 6.06. The second-order valence-electron chi connectivity index (χ2n) is 4.70. The number of nitrogens with zero attached hydrogens (tertiary/aromatic N) is 2. The lowest BCUT2D eigenvalue weighted by molar-refractivity contribution is -0.0431. The van der Waals surface area contributed by atoms with Crippen LogP contribution in [0.2, 0.25) is 0 Å². The third-order valence-electron chi connectivity index (χ3n) is 3.34. The van der Waals surface area contributed by atoms with Crippen LogP contribution in [-0.4, -0.2) is 38.0 Å².